The molecule has 0 aliphatic heterocycles. The number of Topliss-reactive ketones (excluding diaryl/α,β-unsaturated/α-hetero) is 1. The molecule has 1 N–H and O–H groups in total. The van der Waals surface area contributed by atoms with Crippen molar-refractivity contribution in [3.05, 3.63) is 20.8 Å². The summed E-state index contributed by atoms with van der Waals surface area (Å²) in [6.07, 6.45) is 0.898. The largest absolute Gasteiger partial charge is 0.382 e. The molecule has 2 nitrogen and oxygen atoms in total. The van der Waals surface area contributed by atoms with Crippen LogP contribution in [0, 0.1) is 0 Å². The molecule has 0 spiro atoms. The van der Waals surface area contributed by atoms with E-state index >= 15 is 0 Å². The second kappa shape index (κ2) is 4.55. The van der Waals surface area contributed by atoms with Gasteiger partial charge in [0.2, 0.25) is 0 Å². The van der Waals surface area contributed by atoms with Crippen molar-refractivity contribution in [3.8, 4) is 0 Å². The van der Waals surface area contributed by atoms with Crippen molar-refractivity contribution < 1.29 is 9.90 Å². The van der Waals surface area contributed by atoms with E-state index < -0.39 is 5.60 Å². The fourth-order valence-electron chi connectivity index (χ4n) is 1.27. The first-order valence-corrected chi connectivity index (χ1v) is 6.27. The summed E-state index contributed by atoms with van der Waals surface area (Å²) in [5, 5.41) is 13.6. The molecular weight excluding hydrogens is 264 g/mol. The normalized spacial score (nSPS) is 11.7. The fraction of sp³-hybridized carbons (Fsp3) is 0.500. The minimum atomic E-state index is -1.20. The van der Waals surface area contributed by atoms with E-state index in [0.717, 1.165) is 4.47 Å². The maximum Gasteiger partial charge on any atom is 0.196 e. The minimum absolute atomic E-state index is 0.185. The number of aliphatic hydroxyl groups is 1. The lowest BCUT2D eigenvalue weighted by atomic mass is 9.89. The van der Waals surface area contributed by atoms with Gasteiger partial charge in [-0.25, -0.2) is 0 Å². The quantitative estimate of drug-likeness (QED) is 0.858. The van der Waals surface area contributed by atoms with Gasteiger partial charge in [0.05, 0.1) is 0 Å². The van der Waals surface area contributed by atoms with Gasteiger partial charge in [0.1, 0.15) is 5.60 Å². The Labute approximate surface area is 96.1 Å². The molecule has 1 aromatic rings. The van der Waals surface area contributed by atoms with Gasteiger partial charge in [0.25, 0.3) is 0 Å². The van der Waals surface area contributed by atoms with Crippen LogP contribution in [0.25, 0.3) is 0 Å². The zero-order valence-electron chi connectivity index (χ0n) is 8.21. The van der Waals surface area contributed by atoms with E-state index in [1.165, 1.54) is 11.3 Å². The first-order valence-electron chi connectivity index (χ1n) is 4.54. The van der Waals surface area contributed by atoms with Gasteiger partial charge in [-0.3, -0.25) is 4.79 Å². The molecule has 0 fully saturated rings. The summed E-state index contributed by atoms with van der Waals surface area (Å²) in [5.41, 5.74) is -0.620. The number of thiophene rings is 1. The molecule has 0 aromatic carbocycles. The number of rotatable bonds is 4. The molecule has 0 atom stereocenters. The predicted molar refractivity (Wildman–Crippen MR) is 61.9 cm³/mol. The lowest BCUT2D eigenvalue weighted by molar-refractivity contribution is 0.0277. The summed E-state index contributed by atoms with van der Waals surface area (Å²) >= 11 is 4.75. The van der Waals surface area contributed by atoms with Gasteiger partial charge >= 0.3 is 0 Å². The minimum Gasteiger partial charge on any atom is -0.382 e. The van der Waals surface area contributed by atoms with Gasteiger partial charge in [0, 0.05) is 20.8 Å². The van der Waals surface area contributed by atoms with E-state index in [0.29, 0.717) is 18.4 Å². The molecule has 1 rings (SSSR count). The molecule has 14 heavy (non-hydrogen) atoms. The van der Waals surface area contributed by atoms with Crippen LogP contribution in [0.3, 0.4) is 0 Å². The molecule has 0 saturated heterocycles. The highest BCUT2D eigenvalue weighted by molar-refractivity contribution is 9.10. The molecule has 0 unspecified atom stereocenters. The van der Waals surface area contributed by atoms with Crippen LogP contribution in [0.15, 0.2) is 15.2 Å². The summed E-state index contributed by atoms with van der Waals surface area (Å²) in [6.45, 7) is 3.64. The second-order valence-electron chi connectivity index (χ2n) is 3.20. The Bertz CT molecular complexity index is 329. The second-order valence-corrected chi connectivity index (χ2v) is 4.80. The summed E-state index contributed by atoms with van der Waals surface area (Å²) in [5.74, 6) is -0.185. The molecule has 78 valence electrons. The third kappa shape index (κ3) is 2.07. The maximum atomic E-state index is 11.9. The van der Waals surface area contributed by atoms with Crippen molar-refractivity contribution in [1.82, 2.24) is 0 Å². The number of hydrogen-bond acceptors (Lipinski definition) is 3. The SMILES string of the molecule is CCC(O)(CC)C(=O)c1cscc1Br. The van der Waals surface area contributed by atoms with Gasteiger partial charge in [-0.2, -0.15) is 11.3 Å². The van der Waals surface area contributed by atoms with Crippen LogP contribution in [-0.4, -0.2) is 16.5 Å². The first kappa shape index (κ1) is 11.9. The molecule has 0 aliphatic carbocycles. The lowest BCUT2D eigenvalue weighted by Gasteiger charge is -2.22. The van der Waals surface area contributed by atoms with Crippen molar-refractivity contribution in [2.75, 3.05) is 0 Å². The topological polar surface area (TPSA) is 37.3 Å². The van der Waals surface area contributed by atoms with E-state index in [1.54, 1.807) is 5.38 Å². The molecule has 0 radical (unpaired) electrons. The molecule has 0 bridgehead atoms. The summed E-state index contributed by atoms with van der Waals surface area (Å²) in [4.78, 5) is 11.9. The Hall–Kier alpha value is -0.190. The summed E-state index contributed by atoms with van der Waals surface area (Å²) in [7, 11) is 0. The molecular formula is C10H13BrO2S. The number of hydrogen-bond donors (Lipinski definition) is 1. The monoisotopic (exact) mass is 276 g/mol. The van der Waals surface area contributed by atoms with Crippen molar-refractivity contribution >= 4 is 33.0 Å². The average molecular weight is 277 g/mol. The van der Waals surface area contributed by atoms with Gasteiger partial charge in [-0.05, 0) is 28.8 Å². The van der Waals surface area contributed by atoms with E-state index in [9.17, 15) is 9.90 Å². The zero-order valence-corrected chi connectivity index (χ0v) is 10.6. The fourth-order valence-corrected chi connectivity index (χ4v) is 2.72. The number of ketones is 1. The van der Waals surface area contributed by atoms with Crippen LogP contribution in [-0.2, 0) is 0 Å². The Morgan fingerprint density at radius 1 is 1.50 bits per heavy atom. The smallest absolute Gasteiger partial charge is 0.196 e. The maximum absolute atomic E-state index is 11.9. The molecule has 4 heteroatoms. The molecule has 0 saturated carbocycles. The van der Waals surface area contributed by atoms with Crippen molar-refractivity contribution in [3.63, 3.8) is 0 Å². The number of halogens is 1. The first-order chi connectivity index (χ1) is 6.55. The van der Waals surface area contributed by atoms with Gasteiger partial charge in [-0.15, -0.1) is 0 Å². The Balaban J connectivity index is 3.01. The number of carbonyl (C=O) groups is 1. The van der Waals surface area contributed by atoms with Crippen LogP contribution in [0.2, 0.25) is 0 Å². The van der Waals surface area contributed by atoms with Crippen molar-refractivity contribution in [2.45, 2.75) is 32.3 Å². The van der Waals surface area contributed by atoms with E-state index in [1.807, 2.05) is 19.2 Å². The Morgan fingerprint density at radius 2 is 2.07 bits per heavy atom. The Kier molecular flexibility index (Phi) is 3.86. The average Bonchev–Trinajstić information content (AvgIpc) is 2.62. The summed E-state index contributed by atoms with van der Waals surface area (Å²) < 4.78 is 0.771. The highest BCUT2D eigenvalue weighted by Crippen LogP contribution is 2.28. The predicted octanol–water partition coefficient (Wildman–Crippen LogP) is 3.24. The molecule has 0 aliphatic rings. The van der Waals surface area contributed by atoms with Crippen LogP contribution >= 0.6 is 27.3 Å². The lowest BCUT2D eigenvalue weighted by Crippen LogP contribution is -2.37. The highest BCUT2D eigenvalue weighted by atomic mass is 79.9. The van der Waals surface area contributed by atoms with Gasteiger partial charge in [0.15, 0.2) is 5.78 Å². The molecule has 1 heterocycles. The standard InChI is InChI=1S/C10H13BrO2S/c1-3-10(13,4-2)9(12)7-5-14-6-8(7)11/h5-6,13H,3-4H2,1-2H3. The zero-order chi connectivity index (χ0) is 10.8. The van der Waals surface area contributed by atoms with E-state index in [2.05, 4.69) is 15.9 Å². The van der Waals surface area contributed by atoms with Crippen LogP contribution in [0.1, 0.15) is 37.0 Å². The van der Waals surface area contributed by atoms with E-state index in [-0.39, 0.29) is 5.78 Å². The molecule has 0 amide bonds. The highest BCUT2D eigenvalue weighted by Gasteiger charge is 2.33. The van der Waals surface area contributed by atoms with Crippen LogP contribution < -0.4 is 0 Å². The molecule has 1 aromatic heterocycles. The summed E-state index contributed by atoms with van der Waals surface area (Å²) in [6, 6.07) is 0. The Morgan fingerprint density at radius 3 is 2.43 bits per heavy atom. The third-order valence-electron chi connectivity index (χ3n) is 2.45. The van der Waals surface area contributed by atoms with Crippen LogP contribution in [0.5, 0.6) is 0 Å². The van der Waals surface area contributed by atoms with E-state index in [4.69, 9.17) is 0 Å². The van der Waals surface area contributed by atoms with Gasteiger partial charge in [-0.1, -0.05) is 13.8 Å². The van der Waals surface area contributed by atoms with Crippen molar-refractivity contribution in [2.24, 2.45) is 0 Å². The van der Waals surface area contributed by atoms with Crippen molar-refractivity contribution in [1.29, 1.82) is 0 Å². The third-order valence-corrected chi connectivity index (χ3v) is 4.15. The van der Waals surface area contributed by atoms with Gasteiger partial charge < -0.3 is 5.11 Å². The number of carbonyl (C=O) groups excluding carboxylic acids is 1. The van der Waals surface area contributed by atoms with Crippen LogP contribution in [0.4, 0.5) is 0 Å².